The van der Waals surface area contributed by atoms with Gasteiger partial charge < -0.3 is 4.90 Å². The van der Waals surface area contributed by atoms with Crippen molar-refractivity contribution in [2.24, 2.45) is 0 Å². The summed E-state index contributed by atoms with van der Waals surface area (Å²) in [5, 5.41) is 1.84. The molecule has 0 aromatic heterocycles. The summed E-state index contributed by atoms with van der Waals surface area (Å²) < 4.78 is 0. The minimum atomic E-state index is -0.613. The molecule has 1 heterocycles. The van der Waals surface area contributed by atoms with Crippen LogP contribution < -0.4 is 0 Å². The number of carbonyl (C=O) groups excluding carboxylic acids is 1. The lowest BCUT2D eigenvalue weighted by Crippen LogP contribution is -2.17. The van der Waals surface area contributed by atoms with Gasteiger partial charge in [-0.2, -0.15) is 0 Å². The van der Waals surface area contributed by atoms with Crippen LogP contribution in [-0.2, 0) is 0 Å². The summed E-state index contributed by atoms with van der Waals surface area (Å²) in [6.45, 7) is 0.700. The molecule has 0 fully saturated rings. The normalized spacial score (nSPS) is 28.5. The highest BCUT2D eigenvalue weighted by Crippen LogP contribution is 2.25. The third-order valence-corrected chi connectivity index (χ3v) is 2.83. The number of halogens is 1. The Hall–Kier alpha value is -0.0200. The Morgan fingerprint density at radius 2 is 2.62 bits per heavy atom. The van der Waals surface area contributed by atoms with E-state index in [0.29, 0.717) is 6.54 Å². The molecule has 0 saturated carbocycles. The van der Waals surface area contributed by atoms with E-state index in [1.54, 1.807) is 11.9 Å². The van der Waals surface area contributed by atoms with Crippen molar-refractivity contribution >= 4 is 31.0 Å². The first-order chi connectivity index (χ1) is 3.72. The zero-order valence-electron chi connectivity index (χ0n) is 4.43. The van der Waals surface area contributed by atoms with Gasteiger partial charge in [-0.3, -0.25) is 4.79 Å². The van der Waals surface area contributed by atoms with Gasteiger partial charge in [-0.1, -0.05) is 0 Å². The predicted octanol–water partition coefficient (Wildman–Crippen LogP) is 1.28. The molecule has 1 aliphatic rings. The highest BCUT2D eigenvalue weighted by atomic mass is 35.7. The first-order valence-corrected chi connectivity index (χ1v) is 4.31. The van der Waals surface area contributed by atoms with E-state index >= 15 is 0 Å². The molecule has 1 unspecified atom stereocenters. The number of hydrogen-bond acceptors (Lipinski definition) is 1. The minimum absolute atomic E-state index is 0.0340. The van der Waals surface area contributed by atoms with E-state index in [4.69, 9.17) is 10.7 Å². The molecule has 0 radical (unpaired) electrons. The number of hydrogen-bond donors (Lipinski definition) is 0. The summed E-state index contributed by atoms with van der Waals surface area (Å²) in [6.07, 6.45) is 0. The Kier molecular flexibility index (Phi) is 1.58. The van der Waals surface area contributed by atoms with E-state index < -0.39 is 9.70 Å². The van der Waals surface area contributed by atoms with Gasteiger partial charge in [0, 0.05) is 13.6 Å². The van der Waals surface area contributed by atoms with Crippen LogP contribution in [0.4, 0.5) is 4.79 Å². The molecule has 0 aliphatic carbocycles. The average molecular weight is 152 g/mol. The molecule has 0 aromatic rings. The Morgan fingerprint density at radius 1 is 2.00 bits per heavy atom. The molecular formula is C4H6ClNOS. The van der Waals surface area contributed by atoms with Crippen LogP contribution in [0.2, 0.25) is 0 Å². The Labute approximate surface area is 54.9 Å². The van der Waals surface area contributed by atoms with E-state index in [9.17, 15) is 4.79 Å². The van der Waals surface area contributed by atoms with Crippen molar-refractivity contribution in [2.75, 3.05) is 13.6 Å². The van der Waals surface area contributed by atoms with Crippen molar-refractivity contribution < 1.29 is 4.79 Å². The minimum Gasteiger partial charge on any atom is -0.332 e. The molecule has 2 nitrogen and oxygen atoms in total. The zero-order chi connectivity index (χ0) is 6.15. The van der Waals surface area contributed by atoms with E-state index in [2.05, 4.69) is 0 Å². The third kappa shape index (κ3) is 0.880. The van der Waals surface area contributed by atoms with E-state index in [0.717, 1.165) is 0 Å². The van der Waals surface area contributed by atoms with Crippen LogP contribution in [-0.4, -0.2) is 29.1 Å². The molecule has 1 rings (SSSR count). The van der Waals surface area contributed by atoms with Gasteiger partial charge in [-0.05, 0) is 25.7 Å². The second-order valence-electron chi connectivity index (χ2n) is 1.60. The first kappa shape index (κ1) is 6.11. The van der Waals surface area contributed by atoms with Gasteiger partial charge in [-0.15, -0.1) is 0 Å². The monoisotopic (exact) mass is 151 g/mol. The number of rotatable bonds is 0. The highest BCUT2D eigenvalue weighted by Gasteiger charge is 2.15. The third-order valence-electron chi connectivity index (χ3n) is 0.973. The van der Waals surface area contributed by atoms with Gasteiger partial charge in [0.25, 0.3) is 5.24 Å². The fourth-order valence-electron chi connectivity index (χ4n) is 0.472. The Morgan fingerprint density at radius 3 is 2.75 bits per heavy atom. The van der Waals surface area contributed by atoms with Crippen molar-refractivity contribution in [3.8, 4) is 0 Å². The van der Waals surface area contributed by atoms with Crippen LogP contribution in [0.1, 0.15) is 0 Å². The summed E-state index contributed by atoms with van der Waals surface area (Å²) in [5.41, 5.74) is 0. The number of amides is 1. The SMILES string of the molecule is CN1CC=S(Cl)C1=O. The second-order valence-corrected chi connectivity index (χ2v) is 3.85. The van der Waals surface area contributed by atoms with Crippen LogP contribution in [0, 0.1) is 0 Å². The van der Waals surface area contributed by atoms with Crippen LogP contribution >= 0.6 is 20.4 Å². The molecule has 1 atom stereocenters. The summed E-state index contributed by atoms with van der Waals surface area (Å²) in [7, 11) is 6.67. The van der Waals surface area contributed by atoms with E-state index in [-0.39, 0.29) is 5.24 Å². The van der Waals surface area contributed by atoms with Gasteiger partial charge in [-0.25, -0.2) is 0 Å². The standard InChI is InChI=1S/C4H6ClNOS/c1-6-2-3-8(5)4(6)7/h3H,2H2,1H3. The summed E-state index contributed by atoms with van der Waals surface area (Å²) >= 11 is 0. The van der Waals surface area contributed by atoms with E-state index in [1.807, 2.05) is 5.37 Å². The first-order valence-electron chi connectivity index (χ1n) is 2.19. The molecule has 0 spiro atoms. The largest absolute Gasteiger partial charge is 0.332 e. The molecule has 1 aliphatic heterocycles. The Bertz CT molecular complexity index is 156. The predicted molar refractivity (Wildman–Crippen MR) is 37.5 cm³/mol. The van der Waals surface area contributed by atoms with Gasteiger partial charge in [0.1, 0.15) is 0 Å². The van der Waals surface area contributed by atoms with Crippen molar-refractivity contribution in [3.63, 3.8) is 0 Å². The summed E-state index contributed by atoms with van der Waals surface area (Å²) in [5.74, 6) is 0. The molecule has 4 heteroatoms. The smallest absolute Gasteiger partial charge is 0.290 e. The lowest BCUT2D eigenvalue weighted by molar-refractivity contribution is 0.240. The Balaban J connectivity index is 2.73. The van der Waals surface area contributed by atoms with E-state index in [1.165, 1.54) is 0 Å². The topological polar surface area (TPSA) is 20.3 Å². The van der Waals surface area contributed by atoms with Crippen molar-refractivity contribution in [3.05, 3.63) is 0 Å². The van der Waals surface area contributed by atoms with Crippen LogP contribution in [0.5, 0.6) is 0 Å². The van der Waals surface area contributed by atoms with Crippen LogP contribution in [0.3, 0.4) is 0 Å². The number of carbonyl (C=O) groups is 1. The average Bonchev–Trinajstić information content (AvgIpc) is 1.98. The van der Waals surface area contributed by atoms with Crippen molar-refractivity contribution in [1.29, 1.82) is 0 Å². The molecule has 0 N–H and O–H groups in total. The van der Waals surface area contributed by atoms with Crippen LogP contribution in [0.25, 0.3) is 0 Å². The fourth-order valence-corrected chi connectivity index (χ4v) is 1.86. The maximum Gasteiger partial charge on any atom is 0.290 e. The number of nitrogens with zero attached hydrogens (tertiary/aromatic N) is 1. The molecule has 0 bridgehead atoms. The lowest BCUT2D eigenvalue weighted by Gasteiger charge is -2.04. The summed E-state index contributed by atoms with van der Waals surface area (Å²) in [4.78, 5) is 12.3. The lowest BCUT2D eigenvalue weighted by atomic mass is 10.7. The quantitative estimate of drug-likeness (QED) is 0.478. The second kappa shape index (κ2) is 2.07. The molecule has 1 amide bonds. The molecule has 0 saturated heterocycles. The van der Waals surface area contributed by atoms with Crippen molar-refractivity contribution in [1.82, 2.24) is 4.90 Å². The summed E-state index contributed by atoms with van der Waals surface area (Å²) in [6, 6.07) is 0. The zero-order valence-corrected chi connectivity index (χ0v) is 6.00. The van der Waals surface area contributed by atoms with Gasteiger partial charge in [0.15, 0.2) is 0 Å². The molecule has 0 aromatic carbocycles. The fraction of sp³-hybridized carbons (Fsp3) is 0.500. The van der Waals surface area contributed by atoms with Gasteiger partial charge >= 0.3 is 0 Å². The van der Waals surface area contributed by atoms with Crippen LogP contribution in [0.15, 0.2) is 0 Å². The van der Waals surface area contributed by atoms with Crippen molar-refractivity contribution in [2.45, 2.75) is 0 Å². The molecule has 8 heavy (non-hydrogen) atoms. The van der Waals surface area contributed by atoms with Gasteiger partial charge in [0.05, 0.1) is 0 Å². The molecule has 46 valence electrons. The highest BCUT2D eigenvalue weighted by molar-refractivity contribution is 8.45. The van der Waals surface area contributed by atoms with Gasteiger partial charge in [0.2, 0.25) is 0 Å². The maximum atomic E-state index is 10.7. The molecular weight excluding hydrogens is 146 g/mol. The maximum absolute atomic E-state index is 10.7.